The zero-order chi connectivity index (χ0) is 14.2. The minimum atomic E-state index is -1.31. The molecule has 8 heteroatoms. The molecular formula is C10H19N3O5. The molecule has 0 saturated heterocycles. The van der Waals surface area contributed by atoms with Crippen LogP contribution < -0.4 is 16.4 Å². The van der Waals surface area contributed by atoms with Gasteiger partial charge >= 0.3 is 12.0 Å². The Morgan fingerprint density at radius 3 is 2.44 bits per heavy atom. The van der Waals surface area contributed by atoms with Gasteiger partial charge in [0.2, 0.25) is 5.91 Å². The van der Waals surface area contributed by atoms with Crippen LogP contribution in [0.15, 0.2) is 0 Å². The number of carbonyl (C=O) groups excluding carboxylic acids is 2. The van der Waals surface area contributed by atoms with Crippen LogP contribution in [0, 0.1) is 0 Å². The molecule has 0 aliphatic carbocycles. The SMILES string of the molecule is CCC(C)(NC(=O)NCCOCC(N)=O)C(=O)O. The molecule has 0 fully saturated rings. The van der Waals surface area contributed by atoms with Crippen molar-refractivity contribution < 1.29 is 24.2 Å². The highest BCUT2D eigenvalue weighted by molar-refractivity contribution is 5.85. The molecule has 8 nitrogen and oxygen atoms in total. The van der Waals surface area contributed by atoms with Gasteiger partial charge in [-0.15, -0.1) is 0 Å². The maximum atomic E-state index is 11.4. The first-order chi connectivity index (χ1) is 8.31. The van der Waals surface area contributed by atoms with Crippen molar-refractivity contribution in [2.24, 2.45) is 5.73 Å². The molecular weight excluding hydrogens is 242 g/mol. The highest BCUT2D eigenvalue weighted by atomic mass is 16.5. The second-order valence-corrected chi connectivity index (χ2v) is 3.89. The van der Waals surface area contributed by atoms with Crippen LogP contribution in [0.1, 0.15) is 20.3 Å². The smallest absolute Gasteiger partial charge is 0.329 e. The summed E-state index contributed by atoms with van der Waals surface area (Å²) >= 11 is 0. The van der Waals surface area contributed by atoms with Crippen LogP contribution in [-0.2, 0) is 14.3 Å². The van der Waals surface area contributed by atoms with Gasteiger partial charge in [0.25, 0.3) is 0 Å². The number of primary amides is 1. The Kier molecular flexibility index (Phi) is 6.73. The van der Waals surface area contributed by atoms with E-state index in [-0.39, 0.29) is 26.2 Å². The topological polar surface area (TPSA) is 131 Å². The van der Waals surface area contributed by atoms with Gasteiger partial charge in [0.15, 0.2) is 0 Å². The molecule has 0 aliphatic heterocycles. The number of nitrogens with two attached hydrogens (primary N) is 1. The molecule has 1 unspecified atom stereocenters. The van der Waals surface area contributed by atoms with Gasteiger partial charge in [-0.05, 0) is 13.3 Å². The molecule has 0 aromatic heterocycles. The van der Waals surface area contributed by atoms with Crippen LogP contribution in [-0.4, -0.2) is 48.3 Å². The fourth-order valence-corrected chi connectivity index (χ4v) is 0.997. The monoisotopic (exact) mass is 261 g/mol. The van der Waals surface area contributed by atoms with E-state index in [2.05, 4.69) is 10.6 Å². The number of hydrogen-bond donors (Lipinski definition) is 4. The lowest BCUT2D eigenvalue weighted by atomic mass is 10.00. The Morgan fingerprint density at radius 2 is 2.00 bits per heavy atom. The molecule has 0 aliphatic rings. The number of hydrogen-bond acceptors (Lipinski definition) is 4. The lowest BCUT2D eigenvalue weighted by Gasteiger charge is -2.24. The third-order valence-corrected chi connectivity index (χ3v) is 2.34. The van der Waals surface area contributed by atoms with Crippen LogP contribution >= 0.6 is 0 Å². The van der Waals surface area contributed by atoms with Crippen molar-refractivity contribution in [1.29, 1.82) is 0 Å². The minimum absolute atomic E-state index is 0.117. The fraction of sp³-hybridized carbons (Fsp3) is 0.700. The van der Waals surface area contributed by atoms with E-state index in [1.54, 1.807) is 6.92 Å². The Labute approximate surface area is 105 Å². The number of carboxylic acid groups (broad SMARTS) is 1. The van der Waals surface area contributed by atoms with Gasteiger partial charge < -0.3 is 26.2 Å². The highest BCUT2D eigenvalue weighted by Gasteiger charge is 2.32. The van der Waals surface area contributed by atoms with Crippen LogP contribution in [0.25, 0.3) is 0 Å². The van der Waals surface area contributed by atoms with Crippen LogP contribution in [0.2, 0.25) is 0 Å². The Bertz CT molecular complexity index is 321. The van der Waals surface area contributed by atoms with Crippen molar-refractivity contribution in [2.75, 3.05) is 19.8 Å². The summed E-state index contributed by atoms with van der Waals surface area (Å²) in [7, 11) is 0. The average molecular weight is 261 g/mol. The van der Waals surface area contributed by atoms with Gasteiger partial charge in [-0.3, -0.25) is 4.79 Å². The van der Waals surface area contributed by atoms with Crippen molar-refractivity contribution >= 4 is 17.9 Å². The van der Waals surface area contributed by atoms with E-state index < -0.39 is 23.4 Å². The second kappa shape index (κ2) is 7.49. The maximum absolute atomic E-state index is 11.4. The minimum Gasteiger partial charge on any atom is -0.480 e. The van der Waals surface area contributed by atoms with Gasteiger partial charge in [-0.25, -0.2) is 9.59 Å². The zero-order valence-electron chi connectivity index (χ0n) is 10.5. The maximum Gasteiger partial charge on any atom is 0.329 e. The molecule has 0 rings (SSSR count). The first-order valence-corrected chi connectivity index (χ1v) is 5.47. The number of carboxylic acids is 1. The van der Waals surface area contributed by atoms with Gasteiger partial charge in [-0.2, -0.15) is 0 Å². The molecule has 0 heterocycles. The number of rotatable bonds is 8. The fourth-order valence-electron chi connectivity index (χ4n) is 0.997. The van der Waals surface area contributed by atoms with Crippen molar-refractivity contribution in [3.05, 3.63) is 0 Å². The molecule has 18 heavy (non-hydrogen) atoms. The summed E-state index contributed by atoms with van der Waals surface area (Å²) in [6.45, 7) is 3.12. The third-order valence-electron chi connectivity index (χ3n) is 2.34. The second-order valence-electron chi connectivity index (χ2n) is 3.89. The molecule has 5 N–H and O–H groups in total. The van der Waals surface area contributed by atoms with E-state index in [0.29, 0.717) is 0 Å². The normalized spacial score (nSPS) is 13.4. The van der Waals surface area contributed by atoms with Crippen molar-refractivity contribution in [1.82, 2.24) is 10.6 Å². The standard InChI is InChI=1S/C10H19N3O5/c1-3-10(2,8(15)16)13-9(17)12-4-5-18-6-7(11)14/h3-6H2,1-2H3,(H2,11,14)(H,15,16)(H2,12,13,17). The van der Waals surface area contributed by atoms with Crippen LogP contribution in [0.3, 0.4) is 0 Å². The summed E-state index contributed by atoms with van der Waals surface area (Å²) in [5, 5.41) is 13.7. The Hall–Kier alpha value is -1.83. The summed E-state index contributed by atoms with van der Waals surface area (Å²) in [6.07, 6.45) is 0.258. The van der Waals surface area contributed by atoms with E-state index >= 15 is 0 Å². The van der Waals surface area contributed by atoms with Gasteiger partial charge in [0.1, 0.15) is 12.1 Å². The van der Waals surface area contributed by atoms with Crippen molar-refractivity contribution in [3.8, 4) is 0 Å². The molecule has 104 valence electrons. The van der Waals surface area contributed by atoms with Crippen LogP contribution in [0.4, 0.5) is 4.79 Å². The van der Waals surface area contributed by atoms with E-state index in [9.17, 15) is 14.4 Å². The lowest BCUT2D eigenvalue weighted by molar-refractivity contribution is -0.143. The number of carbonyl (C=O) groups is 3. The molecule has 0 radical (unpaired) electrons. The highest BCUT2D eigenvalue weighted by Crippen LogP contribution is 2.08. The van der Waals surface area contributed by atoms with Gasteiger partial charge in [0.05, 0.1) is 6.61 Å². The summed E-state index contributed by atoms with van der Waals surface area (Å²) in [6, 6.07) is -0.607. The summed E-state index contributed by atoms with van der Waals surface area (Å²) in [5.74, 6) is -1.70. The molecule has 0 aromatic rings. The number of ether oxygens (including phenoxy) is 1. The van der Waals surface area contributed by atoms with Crippen molar-refractivity contribution in [3.63, 3.8) is 0 Å². The predicted octanol–water partition coefficient (Wildman–Crippen LogP) is -0.959. The first kappa shape index (κ1) is 16.2. The zero-order valence-corrected chi connectivity index (χ0v) is 10.5. The number of amides is 3. The van der Waals surface area contributed by atoms with E-state index in [4.69, 9.17) is 15.6 Å². The Balaban J connectivity index is 3.90. The first-order valence-electron chi connectivity index (χ1n) is 5.47. The molecule has 0 aromatic carbocycles. The molecule has 1 atom stereocenters. The van der Waals surface area contributed by atoms with E-state index in [1.807, 2.05) is 0 Å². The summed E-state index contributed by atoms with van der Waals surface area (Å²) in [5.41, 5.74) is 3.53. The number of nitrogens with one attached hydrogen (secondary N) is 2. The average Bonchev–Trinajstić information content (AvgIpc) is 2.27. The molecule has 3 amide bonds. The van der Waals surface area contributed by atoms with E-state index in [0.717, 1.165) is 0 Å². The molecule has 0 bridgehead atoms. The van der Waals surface area contributed by atoms with Gasteiger partial charge in [-0.1, -0.05) is 6.92 Å². The summed E-state index contributed by atoms with van der Waals surface area (Å²) in [4.78, 5) is 32.6. The van der Waals surface area contributed by atoms with Gasteiger partial charge in [0, 0.05) is 6.54 Å². The number of urea groups is 1. The van der Waals surface area contributed by atoms with E-state index in [1.165, 1.54) is 6.92 Å². The predicted molar refractivity (Wildman–Crippen MR) is 62.9 cm³/mol. The third kappa shape index (κ3) is 6.04. The van der Waals surface area contributed by atoms with Crippen LogP contribution in [0.5, 0.6) is 0 Å². The van der Waals surface area contributed by atoms with Crippen molar-refractivity contribution in [2.45, 2.75) is 25.8 Å². The largest absolute Gasteiger partial charge is 0.480 e. The Morgan fingerprint density at radius 1 is 1.39 bits per heavy atom. The molecule has 0 spiro atoms. The summed E-state index contributed by atoms with van der Waals surface area (Å²) < 4.78 is 4.82. The molecule has 0 saturated carbocycles. The quantitative estimate of drug-likeness (QED) is 0.418. The lowest BCUT2D eigenvalue weighted by Crippen LogP contribution is -2.55. The number of aliphatic carboxylic acids is 1.